The zero-order valence-corrected chi connectivity index (χ0v) is 18.4. The largest absolute Gasteiger partial charge is 0.303 e. The third-order valence-corrected chi connectivity index (χ3v) is 5.77. The molecule has 0 heterocycles. The summed E-state index contributed by atoms with van der Waals surface area (Å²) in [6.45, 7) is 2.28. The summed E-state index contributed by atoms with van der Waals surface area (Å²) in [7, 11) is 0. The lowest BCUT2D eigenvalue weighted by Gasteiger charge is -2.10. The summed E-state index contributed by atoms with van der Waals surface area (Å²) in [5.41, 5.74) is 0. The van der Waals surface area contributed by atoms with E-state index in [9.17, 15) is 9.59 Å². The number of carbonyl (C=O) groups excluding carboxylic acids is 2. The highest BCUT2D eigenvalue weighted by Gasteiger charge is 2.06. The minimum Gasteiger partial charge on any atom is -0.303 e. The van der Waals surface area contributed by atoms with E-state index in [1.165, 1.54) is 96.2 Å². The van der Waals surface area contributed by atoms with Gasteiger partial charge >= 0.3 is 0 Å². The van der Waals surface area contributed by atoms with Crippen molar-refractivity contribution in [2.75, 3.05) is 0 Å². The lowest BCUT2D eigenvalue weighted by Crippen LogP contribution is -2.02. The normalized spacial score (nSPS) is 12.2. The number of rotatable bonds is 23. The molecule has 0 spiro atoms. The first-order valence-electron chi connectivity index (χ1n) is 12.2. The highest BCUT2D eigenvalue weighted by molar-refractivity contribution is 5.53. The van der Waals surface area contributed by atoms with Gasteiger partial charge in [0.25, 0.3) is 0 Å². The van der Waals surface area contributed by atoms with Crippen molar-refractivity contribution in [2.24, 2.45) is 5.92 Å². The van der Waals surface area contributed by atoms with Crippen molar-refractivity contribution in [3.63, 3.8) is 0 Å². The molecule has 27 heavy (non-hydrogen) atoms. The highest BCUT2D eigenvalue weighted by Crippen LogP contribution is 2.18. The molecule has 0 amide bonds. The molecule has 1 unspecified atom stereocenters. The monoisotopic (exact) mass is 380 g/mol. The van der Waals surface area contributed by atoms with Crippen molar-refractivity contribution in [2.45, 2.75) is 142 Å². The van der Waals surface area contributed by atoms with E-state index in [0.29, 0.717) is 6.42 Å². The average molecular weight is 381 g/mol. The quantitative estimate of drug-likeness (QED) is 0.132. The van der Waals surface area contributed by atoms with Gasteiger partial charge in [-0.3, -0.25) is 0 Å². The summed E-state index contributed by atoms with van der Waals surface area (Å²) in [5, 5.41) is 0. The fourth-order valence-corrected chi connectivity index (χ4v) is 3.87. The first-order chi connectivity index (χ1) is 13.3. The molecule has 0 radical (unpaired) electrons. The van der Waals surface area contributed by atoms with Crippen molar-refractivity contribution in [1.82, 2.24) is 0 Å². The van der Waals surface area contributed by atoms with Crippen LogP contribution in [0.25, 0.3) is 0 Å². The summed E-state index contributed by atoms with van der Waals surface area (Å²) in [6.07, 6.45) is 28.8. The van der Waals surface area contributed by atoms with Crippen molar-refractivity contribution >= 4 is 12.6 Å². The van der Waals surface area contributed by atoms with Crippen molar-refractivity contribution in [3.8, 4) is 0 Å². The Morgan fingerprint density at radius 1 is 0.519 bits per heavy atom. The van der Waals surface area contributed by atoms with Gasteiger partial charge in [0, 0.05) is 12.3 Å². The van der Waals surface area contributed by atoms with Crippen LogP contribution in [0.5, 0.6) is 0 Å². The molecule has 2 heteroatoms. The van der Waals surface area contributed by atoms with Crippen LogP contribution in [0, 0.1) is 5.92 Å². The first kappa shape index (κ1) is 26.3. The second kappa shape index (κ2) is 23.4. The van der Waals surface area contributed by atoms with E-state index in [2.05, 4.69) is 6.92 Å². The molecule has 0 bridgehead atoms. The van der Waals surface area contributed by atoms with Crippen molar-refractivity contribution in [1.29, 1.82) is 0 Å². The Balaban J connectivity index is 3.25. The lowest BCUT2D eigenvalue weighted by atomic mass is 9.95. The molecule has 1 atom stereocenters. The smallest absolute Gasteiger partial charge is 0.123 e. The molecule has 0 aliphatic carbocycles. The van der Waals surface area contributed by atoms with Crippen LogP contribution >= 0.6 is 0 Å². The fraction of sp³-hybridized carbons (Fsp3) is 0.920. The maximum Gasteiger partial charge on any atom is 0.123 e. The summed E-state index contributed by atoms with van der Waals surface area (Å²) in [5.74, 6) is 0.272. The van der Waals surface area contributed by atoms with Gasteiger partial charge in [-0.15, -0.1) is 0 Å². The number of carbonyl (C=O) groups is 2. The summed E-state index contributed by atoms with van der Waals surface area (Å²) in [4.78, 5) is 21.4. The molecule has 0 saturated heterocycles. The van der Waals surface area contributed by atoms with E-state index in [0.717, 1.165) is 44.8 Å². The standard InChI is InChI=1S/C25H48O2/c1-2-3-4-5-6-7-8-9-10-11-12-13-15-18-21-25(24-27)22-19-16-14-17-20-23-26/h23-25H,2-22H2,1H3. The van der Waals surface area contributed by atoms with Gasteiger partial charge in [-0.1, -0.05) is 116 Å². The predicted molar refractivity (Wildman–Crippen MR) is 118 cm³/mol. The first-order valence-corrected chi connectivity index (χ1v) is 12.2. The minimum atomic E-state index is 0.272. The van der Waals surface area contributed by atoms with E-state index in [-0.39, 0.29) is 5.92 Å². The van der Waals surface area contributed by atoms with Crippen molar-refractivity contribution < 1.29 is 9.59 Å². The van der Waals surface area contributed by atoms with Crippen LogP contribution < -0.4 is 0 Å². The molecule has 0 aliphatic heterocycles. The van der Waals surface area contributed by atoms with E-state index < -0.39 is 0 Å². The second-order valence-corrected chi connectivity index (χ2v) is 8.44. The van der Waals surface area contributed by atoms with Crippen LogP contribution in [-0.2, 0) is 9.59 Å². The Bertz CT molecular complexity index is 301. The highest BCUT2D eigenvalue weighted by atomic mass is 16.1. The Morgan fingerprint density at radius 3 is 1.26 bits per heavy atom. The Kier molecular flexibility index (Phi) is 22.8. The number of aldehydes is 2. The number of hydrogen-bond acceptors (Lipinski definition) is 2. The minimum absolute atomic E-state index is 0.272. The van der Waals surface area contributed by atoms with E-state index in [4.69, 9.17) is 0 Å². The van der Waals surface area contributed by atoms with Gasteiger partial charge in [0.05, 0.1) is 0 Å². The van der Waals surface area contributed by atoms with E-state index in [1.807, 2.05) is 0 Å². The summed E-state index contributed by atoms with van der Waals surface area (Å²) >= 11 is 0. The molecule has 2 nitrogen and oxygen atoms in total. The zero-order valence-electron chi connectivity index (χ0n) is 18.4. The topological polar surface area (TPSA) is 34.1 Å². The van der Waals surface area contributed by atoms with Gasteiger partial charge in [-0.25, -0.2) is 0 Å². The Morgan fingerprint density at radius 2 is 0.889 bits per heavy atom. The van der Waals surface area contributed by atoms with Crippen LogP contribution in [0.1, 0.15) is 142 Å². The van der Waals surface area contributed by atoms with Gasteiger partial charge in [0.2, 0.25) is 0 Å². The van der Waals surface area contributed by atoms with Crippen LogP contribution in [0.2, 0.25) is 0 Å². The molecule has 0 aliphatic rings. The van der Waals surface area contributed by atoms with Gasteiger partial charge in [-0.05, 0) is 19.3 Å². The van der Waals surface area contributed by atoms with Crippen LogP contribution in [-0.4, -0.2) is 12.6 Å². The van der Waals surface area contributed by atoms with E-state index in [1.54, 1.807) is 0 Å². The van der Waals surface area contributed by atoms with Crippen LogP contribution in [0.4, 0.5) is 0 Å². The third kappa shape index (κ3) is 21.5. The number of unbranched alkanes of at least 4 members (excludes halogenated alkanes) is 17. The molecule has 0 aromatic carbocycles. The molecule has 0 fully saturated rings. The maximum absolute atomic E-state index is 11.2. The lowest BCUT2D eigenvalue weighted by molar-refractivity contribution is -0.111. The Hall–Kier alpha value is -0.660. The third-order valence-electron chi connectivity index (χ3n) is 5.77. The second-order valence-electron chi connectivity index (χ2n) is 8.44. The molecule has 0 saturated carbocycles. The maximum atomic E-state index is 11.2. The predicted octanol–water partition coefficient (Wildman–Crippen LogP) is 8.21. The summed E-state index contributed by atoms with van der Waals surface area (Å²) < 4.78 is 0. The SMILES string of the molecule is CCCCCCCCCCCCCCCCC(C=O)CCCCCCC=O. The molecule has 0 N–H and O–H groups in total. The van der Waals surface area contributed by atoms with E-state index >= 15 is 0 Å². The van der Waals surface area contributed by atoms with Gasteiger partial charge in [-0.2, -0.15) is 0 Å². The van der Waals surface area contributed by atoms with Gasteiger partial charge in [0.1, 0.15) is 12.6 Å². The molecule has 160 valence electrons. The van der Waals surface area contributed by atoms with Gasteiger partial charge in [0.15, 0.2) is 0 Å². The average Bonchev–Trinajstić information content (AvgIpc) is 2.69. The fourth-order valence-electron chi connectivity index (χ4n) is 3.87. The molecular formula is C25H48O2. The Labute approximate surface area is 170 Å². The molecule has 0 rings (SSSR count). The summed E-state index contributed by atoms with van der Waals surface area (Å²) in [6, 6.07) is 0. The number of hydrogen-bond donors (Lipinski definition) is 0. The van der Waals surface area contributed by atoms with Crippen molar-refractivity contribution in [3.05, 3.63) is 0 Å². The molecule has 0 aromatic rings. The zero-order chi connectivity index (χ0) is 19.8. The van der Waals surface area contributed by atoms with Crippen LogP contribution in [0.15, 0.2) is 0 Å². The van der Waals surface area contributed by atoms with Crippen LogP contribution in [0.3, 0.4) is 0 Å². The molecule has 0 aromatic heterocycles. The van der Waals surface area contributed by atoms with Gasteiger partial charge < -0.3 is 9.59 Å². The molecular weight excluding hydrogens is 332 g/mol.